The van der Waals surface area contributed by atoms with Gasteiger partial charge in [0.1, 0.15) is 0 Å². The highest BCUT2D eigenvalue weighted by molar-refractivity contribution is 7.89. The number of aromatic nitrogens is 1. The number of nitrogens with zero attached hydrogens (tertiary/aromatic N) is 2. The first-order valence-electron chi connectivity index (χ1n) is 7.08. The smallest absolute Gasteiger partial charge is 0.243 e. The van der Waals surface area contributed by atoms with Crippen molar-refractivity contribution >= 4 is 20.8 Å². The minimum Gasteiger partial charge on any atom is -0.314 e. The van der Waals surface area contributed by atoms with E-state index < -0.39 is 10.0 Å². The van der Waals surface area contributed by atoms with Gasteiger partial charge in [-0.15, -0.1) is 0 Å². The molecule has 3 rings (SSSR count). The molecule has 1 fully saturated rings. The lowest BCUT2D eigenvalue weighted by atomic mass is 10.2. The highest BCUT2D eigenvalue weighted by Crippen LogP contribution is 2.25. The van der Waals surface area contributed by atoms with Crippen molar-refractivity contribution in [2.24, 2.45) is 0 Å². The molecule has 112 valence electrons. The van der Waals surface area contributed by atoms with Crippen LogP contribution in [0.3, 0.4) is 0 Å². The summed E-state index contributed by atoms with van der Waals surface area (Å²) in [5.41, 5.74) is 0. The predicted octanol–water partition coefficient (Wildman–Crippen LogP) is 1.61. The molecule has 2 aromatic rings. The standard InChI is InChI=1S/C15H19N3O2S/c1-11-8-17-9-12(2)18(11)21(19,20)15-4-3-14-10-16-6-5-13(14)7-15/h3-7,10-12,17H,8-9H2,1-2H3. The van der Waals surface area contributed by atoms with Gasteiger partial charge in [0.2, 0.25) is 10.0 Å². The van der Waals surface area contributed by atoms with E-state index in [9.17, 15) is 8.42 Å². The summed E-state index contributed by atoms with van der Waals surface area (Å²) >= 11 is 0. The van der Waals surface area contributed by atoms with E-state index in [4.69, 9.17) is 0 Å². The van der Waals surface area contributed by atoms with E-state index in [0.717, 1.165) is 10.8 Å². The van der Waals surface area contributed by atoms with Crippen LogP contribution in [-0.4, -0.2) is 42.9 Å². The van der Waals surface area contributed by atoms with Gasteiger partial charge in [-0.05, 0) is 37.4 Å². The van der Waals surface area contributed by atoms with Crippen LogP contribution in [0.1, 0.15) is 13.8 Å². The molecule has 0 bridgehead atoms. The average Bonchev–Trinajstić information content (AvgIpc) is 2.46. The Morgan fingerprint density at radius 3 is 2.57 bits per heavy atom. The van der Waals surface area contributed by atoms with E-state index in [-0.39, 0.29) is 12.1 Å². The van der Waals surface area contributed by atoms with Crippen LogP contribution in [0.4, 0.5) is 0 Å². The van der Waals surface area contributed by atoms with Crippen molar-refractivity contribution in [2.45, 2.75) is 30.8 Å². The van der Waals surface area contributed by atoms with Crippen molar-refractivity contribution in [2.75, 3.05) is 13.1 Å². The highest BCUT2D eigenvalue weighted by Gasteiger charge is 2.35. The Morgan fingerprint density at radius 1 is 1.14 bits per heavy atom. The fourth-order valence-corrected chi connectivity index (χ4v) is 4.79. The van der Waals surface area contributed by atoms with E-state index in [1.807, 2.05) is 26.0 Å². The second kappa shape index (κ2) is 5.36. The number of sulfonamides is 1. The van der Waals surface area contributed by atoms with Gasteiger partial charge in [0.25, 0.3) is 0 Å². The summed E-state index contributed by atoms with van der Waals surface area (Å²) in [6.45, 7) is 5.23. The molecule has 0 spiro atoms. The first kappa shape index (κ1) is 14.4. The van der Waals surface area contributed by atoms with Crippen LogP contribution in [0.5, 0.6) is 0 Å². The topological polar surface area (TPSA) is 62.3 Å². The van der Waals surface area contributed by atoms with Gasteiger partial charge in [-0.3, -0.25) is 4.98 Å². The van der Waals surface area contributed by atoms with Gasteiger partial charge < -0.3 is 5.32 Å². The second-order valence-corrected chi connectivity index (χ2v) is 7.42. The molecule has 0 saturated carbocycles. The van der Waals surface area contributed by atoms with E-state index >= 15 is 0 Å². The number of hydrogen-bond donors (Lipinski definition) is 1. The van der Waals surface area contributed by atoms with Crippen LogP contribution in [0.2, 0.25) is 0 Å². The molecule has 1 aliphatic rings. The lowest BCUT2D eigenvalue weighted by Crippen LogP contribution is -2.57. The SMILES string of the molecule is CC1CNCC(C)N1S(=O)(=O)c1ccc2cnccc2c1. The zero-order chi connectivity index (χ0) is 15.0. The molecule has 0 aliphatic carbocycles. The Balaban J connectivity index is 2.07. The highest BCUT2D eigenvalue weighted by atomic mass is 32.2. The number of piperazine rings is 1. The van der Waals surface area contributed by atoms with Crippen molar-refractivity contribution in [3.05, 3.63) is 36.7 Å². The Hall–Kier alpha value is -1.50. The summed E-state index contributed by atoms with van der Waals surface area (Å²) in [4.78, 5) is 4.40. The molecule has 1 aliphatic heterocycles. The monoisotopic (exact) mass is 305 g/mol. The first-order valence-corrected chi connectivity index (χ1v) is 8.52. The van der Waals surface area contributed by atoms with Crippen LogP contribution < -0.4 is 5.32 Å². The lowest BCUT2D eigenvalue weighted by Gasteiger charge is -2.38. The fraction of sp³-hybridized carbons (Fsp3) is 0.400. The number of rotatable bonds is 2. The molecule has 1 N–H and O–H groups in total. The number of hydrogen-bond acceptors (Lipinski definition) is 4. The van der Waals surface area contributed by atoms with Gasteiger partial charge in [-0.25, -0.2) is 8.42 Å². The third-order valence-corrected chi connectivity index (χ3v) is 6.06. The molecule has 1 aromatic heterocycles. The Labute approximate surface area is 125 Å². The van der Waals surface area contributed by atoms with Crippen molar-refractivity contribution in [3.8, 4) is 0 Å². The Kier molecular flexibility index (Phi) is 3.69. The predicted molar refractivity (Wildman–Crippen MR) is 82.6 cm³/mol. The Bertz CT molecular complexity index is 750. The maximum Gasteiger partial charge on any atom is 0.243 e. The summed E-state index contributed by atoms with van der Waals surface area (Å²) < 4.78 is 27.5. The molecular weight excluding hydrogens is 286 g/mol. The van der Waals surface area contributed by atoms with E-state index in [1.54, 1.807) is 28.8 Å². The molecule has 0 radical (unpaired) electrons. The van der Waals surface area contributed by atoms with Gasteiger partial charge >= 0.3 is 0 Å². The molecule has 2 atom stereocenters. The van der Waals surface area contributed by atoms with Crippen molar-refractivity contribution < 1.29 is 8.42 Å². The average molecular weight is 305 g/mol. The molecule has 5 nitrogen and oxygen atoms in total. The van der Waals surface area contributed by atoms with E-state index in [0.29, 0.717) is 18.0 Å². The lowest BCUT2D eigenvalue weighted by molar-refractivity contribution is 0.220. The zero-order valence-corrected chi connectivity index (χ0v) is 13.0. The van der Waals surface area contributed by atoms with E-state index in [2.05, 4.69) is 10.3 Å². The van der Waals surface area contributed by atoms with Crippen molar-refractivity contribution in [1.29, 1.82) is 0 Å². The molecule has 2 unspecified atom stereocenters. The van der Waals surface area contributed by atoms with Gasteiger partial charge in [-0.1, -0.05) is 6.07 Å². The number of pyridine rings is 1. The van der Waals surface area contributed by atoms with Crippen LogP contribution in [-0.2, 0) is 10.0 Å². The number of nitrogens with one attached hydrogen (secondary N) is 1. The third-order valence-electron chi connectivity index (χ3n) is 3.94. The quantitative estimate of drug-likeness (QED) is 0.915. The minimum absolute atomic E-state index is 0.0492. The van der Waals surface area contributed by atoms with E-state index in [1.165, 1.54) is 0 Å². The van der Waals surface area contributed by atoms with Gasteiger partial charge in [-0.2, -0.15) is 4.31 Å². The van der Waals surface area contributed by atoms with Crippen LogP contribution >= 0.6 is 0 Å². The minimum atomic E-state index is -3.48. The molecular formula is C15H19N3O2S. The van der Waals surface area contributed by atoms with Gasteiger partial charge in [0, 0.05) is 43.0 Å². The summed E-state index contributed by atoms with van der Waals surface area (Å²) in [5.74, 6) is 0. The first-order chi connectivity index (χ1) is 10.00. The normalized spacial score (nSPS) is 24.3. The van der Waals surface area contributed by atoms with Crippen molar-refractivity contribution in [1.82, 2.24) is 14.6 Å². The molecule has 21 heavy (non-hydrogen) atoms. The summed E-state index contributed by atoms with van der Waals surface area (Å²) in [7, 11) is -3.48. The van der Waals surface area contributed by atoms with Crippen LogP contribution in [0.15, 0.2) is 41.6 Å². The third kappa shape index (κ3) is 2.54. The van der Waals surface area contributed by atoms with Gasteiger partial charge in [0.05, 0.1) is 4.90 Å². The molecule has 6 heteroatoms. The Morgan fingerprint density at radius 2 is 1.86 bits per heavy atom. The summed E-state index contributed by atoms with van der Waals surface area (Å²) in [6, 6.07) is 6.94. The van der Waals surface area contributed by atoms with Crippen molar-refractivity contribution in [3.63, 3.8) is 0 Å². The van der Waals surface area contributed by atoms with Crippen LogP contribution in [0, 0.1) is 0 Å². The van der Waals surface area contributed by atoms with Gasteiger partial charge in [0.15, 0.2) is 0 Å². The molecule has 1 saturated heterocycles. The summed E-state index contributed by atoms with van der Waals surface area (Å²) in [5, 5.41) is 5.09. The largest absolute Gasteiger partial charge is 0.314 e. The molecule has 1 aromatic carbocycles. The number of fused-ring (bicyclic) bond motifs is 1. The maximum atomic E-state index is 12.9. The maximum absolute atomic E-state index is 12.9. The number of benzene rings is 1. The zero-order valence-electron chi connectivity index (χ0n) is 12.2. The molecule has 2 heterocycles. The van der Waals surface area contributed by atoms with Crippen LogP contribution in [0.25, 0.3) is 10.8 Å². The summed E-state index contributed by atoms with van der Waals surface area (Å²) in [6.07, 6.45) is 3.41. The second-order valence-electron chi connectivity index (χ2n) is 5.58. The fourth-order valence-electron chi connectivity index (χ4n) is 2.93. The molecule has 0 amide bonds.